The molecule has 1 amide bonds. The van der Waals surface area contributed by atoms with Gasteiger partial charge in [-0.05, 0) is 42.2 Å². The Bertz CT molecular complexity index is 948. The van der Waals surface area contributed by atoms with Gasteiger partial charge in [0.15, 0.2) is 0 Å². The van der Waals surface area contributed by atoms with Crippen LogP contribution in [0.5, 0.6) is 0 Å². The second-order valence-corrected chi connectivity index (χ2v) is 9.45. The summed E-state index contributed by atoms with van der Waals surface area (Å²) in [6, 6.07) is 14.6. The van der Waals surface area contributed by atoms with E-state index in [0.717, 1.165) is 4.31 Å². The van der Waals surface area contributed by atoms with E-state index in [4.69, 9.17) is 5.73 Å². The van der Waals surface area contributed by atoms with Crippen LogP contribution in [-0.2, 0) is 16.4 Å². The van der Waals surface area contributed by atoms with Crippen molar-refractivity contribution in [2.24, 2.45) is 5.92 Å². The van der Waals surface area contributed by atoms with Gasteiger partial charge in [0.1, 0.15) is 5.66 Å². The van der Waals surface area contributed by atoms with E-state index in [2.05, 4.69) is 0 Å². The Hall–Kier alpha value is -2.62. The normalized spacial score (nSPS) is 13.9. The van der Waals surface area contributed by atoms with Gasteiger partial charge in [-0.3, -0.25) is 5.21 Å². The molecule has 1 atom stereocenters. The number of hydrogen-bond donors (Lipinski definition) is 3. The zero-order valence-corrected chi connectivity index (χ0v) is 18.2. The Morgan fingerprint density at radius 1 is 1.10 bits per heavy atom. The number of nitrogens with two attached hydrogens (primary N) is 1. The Kier molecular flexibility index (Phi) is 7.46. The number of benzene rings is 2. The second-order valence-electron chi connectivity index (χ2n) is 7.59. The van der Waals surface area contributed by atoms with Crippen LogP contribution in [0.2, 0.25) is 0 Å². The molecule has 0 saturated carbocycles. The Labute approximate surface area is 177 Å². The molecule has 0 aliphatic heterocycles. The highest BCUT2D eigenvalue weighted by atomic mass is 32.2. The number of carboxylic acid groups (broad SMARTS) is 1. The highest BCUT2D eigenvalue weighted by Gasteiger charge is 2.49. The summed E-state index contributed by atoms with van der Waals surface area (Å²) in [4.78, 5) is 11.8. The largest absolute Gasteiger partial charge is 0.463 e. The predicted octanol–water partition coefficient (Wildman–Crippen LogP) is 3.63. The van der Waals surface area contributed by atoms with Gasteiger partial charge in [0.2, 0.25) is 10.0 Å². The predicted molar refractivity (Wildman–Crippen MR) is 114 cm³/mol. The van der Waals surface area contributed by atoms with Crippen LogP contribution >= 0.6 is 0 Å². The Morgan fingerprint density at radius 3 is 2.13 bits per heavy atom. The molecule has 1 unspecified atom stereocenters. The van der Waals surface area contributed by atoms with Gasteiger partial charge in [0.05, 0.1) is 4.90 Å². The third-order valence-electron chi connectivity index (χ3n) is 4.94. The Morgan fingerprint density at radius 2 is 1.67 bits per heavy atom. The molecule has 30 heavy (non-hydrogen) atoms. The van der Waals surface area contributed by atoms with Crippen LogP contribution in [-0.4, -0.2) is 46.4 Å². The van der Waals surface area contributed by atoms with E-state index < -0.39 is 21.8 Å². The minimum Gasteiger partial charge on any atom is -0.463 e. The van der Waals surface area contributed by atoms with E-state index in [0.29, 0.717) is 11.3 Å². The maximum Gasteiger partial charge on any atom is 0.433 e. The van der Waals surface area contributed by atoms with Crippen LogP contribution in [0, 0.1) is 5.92 Å². The minimum absolute atomic E-state index is 0.0116. The van der Waals surface area contributed by atoms with Gasteiger partial charge in [-0.2, -0.15) is 9.37 Å². The summed E-state index contributed by atoms with van der Waals surface area (Å²) < 4.78 is 28.4. The van der Waals surface area contributed by atoms with Crippen LogP contribution < -0.4 is 5.73 Å². The van der Waals surface area contributed by atoms with Gasteiger partial charge in [-0.15, -0.1) is 0 Å². The average molecular weight is 436 g/mol. The monoisotopic (exact) mass is 435 g/mol. The molecule has 0 heterocycles. The van der Waals surface area contributed by atoms with E-state index >= 15 is 0 Å². The topological polar surface area (TPSA) is 124 Å². The van der Waals surface area contributed by atoms with Crippen molar-refractivity contribution in [2.75, 3.05) is 12.3 Å². The number of amides is 1. The summed E-state index contributed by atoms with van der Waals surface area (Å²) in [5, 5.41) is 20.4. The number of anilines is 1. The zero-order valence-electron chi connectivity index (χ0n) is 17.4. The van der Waals surface area contributed by atoms with Crippen molar-refractivity contribution >= 4 is 21.8 Å². The van der Waals surface area contributed by atoms with Gasteiger partial charge in [0, 0.05) is 18.7 Å². The van der Waals surface area contributed by atoms with Crippen LogP contribution in [0.4, 0.5) is 10.5 Å². The zero-order chi connectivity index (χ0) is 22.5. The van der Waals surface area contributed by atoms with Gasteiger partial charge in [-0.1, -0.05) is 51.1 Å². The molecule has 0 bridgehead atoms. The number of nitrogen functional groups attached to an aromatic ring is 1. The molecule has 0 radical (unpaired) electrons. The number of hydrogen-bond acceptors (Lipinski definition) is 5. The number of nitrogens with zero attached hydrogens (tertiary/aromatic N) is 2. The van der Waals surface area contributed by atoms with E-state index in [9.17, 15) is 23.5 Å². The second kappa shape index (κ2) is 9.46. The molecule has 164 valence electrons. The summed E-state index contributed by atoms with van der Waals surface area (Å²) in [6.45, 7) is 5.33. The third kappa shape index (κ3) is 4.92. The first-order valence-corrected chi connectivity index (χ1v) is 11.1. The van der Waals surface area contributed by atoms with Crippen molar-refractivity contribution in [2.45, 2.75) is 44.2 Å². The van der Waals surface area contributed by atoms with Gasteiger partial charge < -0.3 is 10.8 Å². The molecule has 9 heteroatoms. The lowest BCUT2D eigenvalue weighted by molar-refractivity contribution is -0.183. The molecular weight excluding hydrogens is 406 g/mol. The van der Waals surface area contributed by atoms with Crippen molar-refractivity contribution in [3.63, 3.8) is 0 Å². The minimum atomic E-state index is -4.17. The molecule has 0 fully saturated rings. The molecular formula is C21H29N3O5S. The lowest BCUT2D eigenvalue weighted by Crippen LogP contribution is -2.64. The van der Waals surface area contributed by atoms with Crippen molar-refractivity contribution in [1.29, 1.82) is 0 Å². The molecule has 2 aromatic carbocycles. The fourth-order valence-corrected chi connectivity index (χ4v) is 5.36. The van der Waals surface area contributed by atoms with Gasteiger partial charge in [0.25, 0.3) is 0 Å². The Balaban J connectivity index is 2.71. The molecule has 0 aliphatic carbocycles. The molecule has 8 nitrogen and oxygen atoms in total. The van der Waals surface area contributed by atoms with Crippen molar-refractivity contribution in [3.05, 3.63) is 60.2 Å². The molecule has 0 aliphatic rings. The molecule has 2 rings (SSSR count). The summed E-state index contributed by atoms with van der Waals surface area (Å²) in [7, 11) is -4.17. The first-order valence-electron chi connectivity index (χ1n) is 9.69. The third-order valence-corrected chi connectivity index (χ3v) is 6.87. The summed E-state index contributed by atoms with van der Waals surface area (Å²) in [5.41, 5.74) is 5.06. The van der Waals surface area contributed by atoms with Crippen LogP contribution in [0.15, 0.2) is 59.5 Å². The highest BCUT2D eigenvalue weighted by Crippen LogP contribution is 2.34. The van der Waals surface area contributed by atoms with Crippen molar-refractivity contribution in [3.8, 4) is 0 Å². The lowest BCUT2D eigenvalue weighted by Gasteiger charge is -2.46. The SMILES string of the molecule is CCC(Cc1ccccc1)(N(O)C(=O)O)N(CC(C)C)S(=O)(=O)c1ccc(N)cc1. The molecule has 0 spiro atoms. The van der Waals surface area contributed by atoms with Gasteiger partial charge >= 0.3 is 6.09 Å². The number of sulfonamides is 1. The highest BCUT2D eigenvalue weighted by molar-refractivity contribution is 7.89. The number of hydroxylamine groups is 2. The molecule has 0 aromatic heterocycles. The first-order chi connectivity index (χ1) is 14.0. The van der Waals surface area contributed by atoms with Crippen LogP contribution in [0.3, 0.4) is 0 Å². The smallest absolute Gasteiger partial charge is 0.433 e. The average Bonchev–Trinajstić information content (AvgIpc) is 2.71. The van der Waals surface area contributed by atoms with Crippen molar-refractivity contribution < 1.29 is 23.5 Å². The number of carbonyl (C=O) groups is 1. The lowest BCUT2D eigenvalue weighted by atomic mass is 9.95. The standard InChI is InChI=1S/C21H29N3O5S/c1-4-21(24(27)20(25)26,14-17-8-6-5-7-9-17)23(15-16(2)3)30(28,29)19-12-10-18(22)11-13-19/h5-13,16,27H,4,14-15,22H2,1-3H3,(H,25,26). The summed E-state index contributed by atoms with van der Waals surface area (Å²) in [6.07, 6.45) is -1.62. The summed E-state index contributed by atoms with van der Waals surface area (Å²) in [5.74, 6) is -0.127. The molecule has 0 saturated heterocycles. The molecule has 4 N–H and O–H groups in total. The maximum absolute atomic E-state index is 13.7. The maximum atomic E-state index is 13.7. The van der Waals surface area contributed by atoms with E-state index in [-0.39, 0.29) is 35.3 Å². The first kappa shape index (κ1) is 23.7. The van der Waals surface area contributed by atoms with Crippen molar-refractivity contribution in [1.82, 2.24) is 9.37 Å². The number of rotatable bonds is 9. The van der Waals surface area contributed by atoms with E-state index in [1.807, 2.05) is 19.9 Å². The summed E-state index contributed by atoms with van der Waals surface area (Å²) >= 11 is 0. The van der Waals surface area contributed by atoms with E-state index in [1.54, 1.807) is 31.2 Å². The van der Waals surface area contributed by atoms with Crippen LogP contribution in [0.25, 0.3) is 0 Å². The quantitative estimate of drug-likeness (QED) is 0.239. The molecule has 2 aromatic rings. The fourth-order valence-electron chi connectivity index (χ4n) is 3.41. The van der Waals surface area contributed by atoms with E-state index in [1.165, 1.54) is 24.3 Å². The fraction of sp³-hybridized carbons (Fsp3) is 0.381. The van der Waals surface area contributed by atoms with Crippen LogP contribution in [0.1, 0.15) is 32.8 Å². The van der Waals surface area contributed by atoms with Gasteiger partial charge in [-0.25, -0.2) is 13.2 Å².